The van der Waals surface area contributed by atoms with Crippen LogP contribution in [0.3, 0.4) is 0 Å². The first-order valence-electron chi connectivity index (χ1n) is 8.12. The molecule has 6 heteroatoms. The van der Waals surface area contributed by atoms with Gasteiger partial charge < -0.3 is 10.4 Å². The third-order valence-corrected chi connectivity index (χ3v) is 4.95. The first kappa shape index (κ1) is 16.3. The van der Waals surface area contributed by atoms with E-state index in [4.69, 9.17) is 11.6 Å². The highest BCUT2D eigenvalue weighted by atomic mass is 35.5. The minimum Gasteiger partial charge on any atom is -0.390 e. The number of alkyl halides is 1. The summed E-state index contributed by atoms with van der Waals surface area (Å²) in [6, 6.07) is 5.22. The van der Waals surface area contributed by atoms with E-state index in [0.717, 1.165) is 25.7 Å². The van der Waals surface area contributed by atoms with Crippen molar-refractivity contribution >= 4 is 29.1 Å². The molecule has 0 bridgehead atoms. The summed E-state index contributed by atoms with van der Waals surface area (Å²) in [5.74, 6) is -0.304. The molecule has 1 saturated carbocycles. The largest absolute Gasteiger partial charge is 0.390 e. The summed E-state index contributed by atoms with van der Waals surface area (Å²) in [5, 5.41) is 12.6. The molecule has 2 amide bonds. The number of nitrogens with one attached hydrogen (secondary N) is 1. The lowest BCUT2D eigenvalue weighted by Crippen LogP contribution is -2.41. The molecule has 1 aromatic carbocycles. The van der Waals surface area contributed by atoms with Crippen LogP contribution in [0.5, 0.6) is 0 Å². The smallest absolute Gasteiger partial charge is 0.263 e. The Morgan fingerprint density at radius 3 is 2.65 bits per heavy atom. The average Bonchev–Trinajstić information content (AvgIpc) is 2.85. The molecule has 1 unspecified atom stereocenters. The van der Waals surface area contributed by atoms with E-state index in [-0.39, 0.29) is 30.3 Å². The Morgan fingerprint density at radius 1 is 1.22 bits per heavy atom. The van der Waals surface area contributed by atoms with Gasteiger partial charge in [0.2, 0.25) is 0 Å². The number of carbonyl (C=O) groups is 2. The van der Waals surface area contributed by atoms with E-state index in [0.29, 0.717) is 16.8 Å². The van der Waals surface area contributed by atoms with Gasteiger partial charge in [-0.2, -0.15) is 0 Å². The van der Waals surface area contributed by atoms with Crippen molar-refractivity contribution in [1.29, 1.82) is 0 Å². The van der Waals surface area contributed by atoms with Gasteiger partial charge in [-0.15, -0.1) is 11.6 Å². The van der Waals surface area contributed by atoms with Crippen LogP contribution < -0.4 is 5.32 Å². The topological polar surface area (TPSA) is 69.6 Å². The molecule has 0 saturated heterocycles. The Labute approximate surface area is 140 Å². The number of anilines is 1. The number of halogens is 1. The lowest BCUT2D eigenvalue weighted by Gasteiger charge is -2.29. The van der Waals surface area contributed by atoms with Crippen molar-refractivity contribution in [2.45, 2.75) is 44.2 Å². The van der Waals surface area contributed by atoms with Crippen LogP contribution in [0.1, 0.15) is 52.8 Å². The van der Waals surface area contributed by atoms with Crippen molar-refractivity contribution < 1.29 is 14.7 Å². The van der Waals surface area contributed by atoms with Gasteiger partial charge in [0.25, 0.3) is 11.8 Å². The quantitative estimate of drug-likeness (QED) is 0.640. The second-order valence-corrected chi connectivity index (χ2v) is 6.50. The Balaban J connectivity index is 1.85. The molecular formula is C17H21ClN2O3. The van der Waals surface area contributed by atoms with Crippen LogP contribution >= 0.6 is 11.6 Å². The molecule has 0 radical (unpaired) electrons. The van der Waals surface area contributed by atoms with Gasteiger partial charge in [0, 0.05) is 18.3 Å². The number of hydrogen-bond donors (Lipinski definition) is 2. The van der Waals surface area contributed by atoms with Gasteiger partial charge in [0.1, 0.15) is 0 Å². The first-order chi connectivity index (χ1) is 11.1. The molecule has 1 fully saturated rings. The number of nitrogens with zero attached hydrogens (tertiary/aromatic N) is 1. The van der Waals surface area contributed by atoms with Crippen LogP contribution in [0.15, 0.2) is 18.2 Å². The van der Waals surface area contributed by atoms with Crippen molar-refractivity contribution in [3.05, 3.63) is 29.3 Å². The lowest BCUT2D eigenvalue weighted by atomic mass is 9.94. The molecule has 2 aliphatic rings. The number of hydrogen-bond acceptors (Lipinski definition) is 4. The Hall–Kier alpha value is -1.59. The summed E-state index contributed by atoms with van der Waals surface area (Å²) in [6.07, 6.45) is 4.37. The van der Waals surface area contributed by atoms with E-state index >= 15 is 0 Å². The zero-order chi connectivity index (χ0) is 16.4. The fraction of sp³-hybridized carbons (Fsp3) is 0.529. The number of amides is 2. The highest BCUT2D eigenvalue weighted by Gasteiger charge is 2.41. The maximum absolute atomic E-state index is 12.8. The zero-order valence-electron chi connectivity index (χ0n) is 12.9. The molecule has 1 aliphatic carbocycles. The van der Waals surface area contributed by atoms with E-state index in [2.05, 4.69) is 5.32 Å². The second kappa shape index (κ2) is 6.89. The number of fused-ring (bicyclic) bond motifs is 1. The lowest BCUT2D eigenvalue weighted by molar-refractivity contribution is 0.0549. The summed E-state index contributed by atoms with van der Waals surface area (Å²) in [6.45, 7) is 0.241. The number of aliphatic hydroxyl groups is 1. The highest BCUT2D eigenvalue weighted by Crippen LogP contribution is 2.34. The van der Waals surface area contributed by atoms with Crippen LogP contribution in [0.2, 0.25) is 0 Å². The number of rotatable bonds is 5. The highest BCUT2D eigenvalue weighted by molar-refractivity contribution is 6.24. The molecule has 0 aromatic heterocycles. The van der Waals surface area contributed by atoms with Crippen molar-refractivity contribution in [3.63, 3.8) is 0 Å². The van der Waals surface area contributed by atoms with Crippen LogP contribution in [0.25, 0.3) is 0 Å². The molecule has 1 atom stereocenters. The number of imide groups is 1. The number of aliphatic hydroxyl groups excluding tert-OH is 1. The van der Waals surface area contributed by atoms with Crippen molar-refractivity contribution in [2.24, 2.45) is 0 Å². The number of carbonyl (C=O) groups excluding carboxylic acids is 2. The van der Waals surface area contributed by atoms with E-state index in [1.165, 1.54) is 11.3 Å². The van der Waals surface area contributed by atoms with Gasteiger partial charge >= 0.3 is 0 Å². The fourth-order valence-electron chi connectivity index (χ4n) is 3.40. The summed E-state index contributed by atoms with van der Waals surface area (Å²) in [5.41, 5.74) is 1.46. The molecule has 5 nitrogen and oxygen atoms in total. The standard InChI is InChI=1S/C17H21ClN2O3/c18-9-12(21)10-19-14-8-4-7-13-15(14)17(23)20(16(13)22)11-5-2-1-3-6-11/h4,7-8,11-12,19,21H,1-3,5-6,9-10H2. The number of benzene rings is 1. The molecule has 2 N–H and O–H groups in total. The molecule has 1 heterocycles. The summed E-state index contributed by atoms with van der Waals surface area (Å²) in [4.78, 5) is 26.9. The van der Waals surface area contributed by atoms with Gasteiger partial charge in [-0.1, -0.05) is 25.3 Å². The Kier molecular flexibility index (Phi) is 4.87. The zero-order valence-corrected chi connectivity index (χ0v) is 13.7. The Bertz CT molecular complexity index is 614. The molecule has 23 heavy (non-hydrogen) atoms. The molecule has 0 spiro atoms. The third kappa shape index (κ3) is 3.08. The van der Waals surface area contributed by atoms with Crippen molar-refractivity contribution in [1.82, 2.24) is 4.90 Å². The van der Waals surface area contributed by atoms with Crippen molar-refractivity contribution in [3.8, 4) is 0 Å². The second-order valence-electron chi connectivity index (χ2n) is 6.19. The monoisotopic (exact) mass is 336 g/mol. The predicted molar refractivity (Wildman–Crippen MR) is 89.0 cm³/mol. The minimum absolute atomic E-state index is 0.0115. The van der Waals surface area contributed by atoms with E-state index in [9.17, 15) is 14.7 Å². The summed E-state index contributed by atoms with van der Waals surface area (Å²) < 4.78 is 0. The van der Waals surface area contributed by atoms with E-state index < -0.39 is 6.10 Å². The maximum Gasteiger partial charge on any atom is 0.263 e. The van der Waals surface area contributed by atoms with Crippen LogP contribution in [0.4, 0.5) is 5.69 Å². The first-order valence-corrected chi connectivity index (χ1v) is 8.65. The molecule has 3 rings (SSSR count). The molecule has 1 aliphatic heterocycles. The van der Waals surface area contributed by atoms with E-state index in [1.807, 2.05) is 0 Å². The average molecular weight is 337 g/mol. The SMILES string of the molecule is O=C1c2cccc(NCC(O)CCl)c2C(=O)N1C1CCCCC1. The van der Waals surface area contributed by atoms with Crippen LogP contribution in [-0.2, 0) is 0 Å². The molecule has 124 valence electrons. The molecular weight excluding hydrogens is 316 g/mol. The van der Waals surface area contributed by atoms with Crippen LogP contribution in [0, 0.1) is 0 Å². The van der Waals surface area contributed by atoms with Crippen LogP contribution in [-0.4, -0.2) is 46.4 Å². The van der Waals surface area contributed by atoms with Gasteiger partial charge in [-0.25, -0.2) is 0 Å². The van der Waals surface area contributed by atoms with Gasteiger partial charge in [0.15, 0.2) is 0 Å². The van der Waals surface area contributed by atoms with Gasteiger partial charge in [-0.3, -0.25) is 14.5 Å². The third-order valence-electron chi connectivity index (χ3n) is 4.59. The predicted octanol–water partition coefficient (Wildman–Crippen LogP) is 2.63. The Morgan fingerprint density at radius 2 is 1.96 bits per heavy atom. The van der Waals surface area contributed by atoms with Crippen molar-refractivity contribution in [2.75, 3.05) is 17.7 Å². The van der Waals surface area contributed by atoms with Gasteiger partial charge in [0.05, 0.1) is 23.1 Å². The van der Waals surface area contributed by atoms with E-state index in [1.54, 1.807) is 18.2 Å². The maximum atomic E-state index is 12.8. The fourth-order valence-corrected chi connectivity index (χ4v) is 3.51. The van der Waals surface area contributed by atoms with Gasteiger partial charge in [-0.05, 0) is 25.0 Å². The minimum atomic E-state index is -0.700. The summed E-state index contributed by atoms with van der Waals surface area (Å²) in [7, 11) is 0. The molecule has 1 aromatic rings. The normalized spacial score (nSPS) is 19.8. The summed E-state index contributed by atoms with van der Waals surface area (Å²) >= 11 is 5.59.